The zero-order chi connectivity index (χ0) is 42.0. The van der Waals surface area contributed by atoms with Crippen LogP contribution < -0.4 is 5.56 Å². The lowest BCUT2D eigenvalue weighted by atomic mass is 9.88. The first-order chi connectivity index (χ1) is 27.9. The predicted octanol–water partition coefficient (Wildman–Crippen LogP) is 8.79. The second-order valence-corrected chi connectivity index (χ2v) is 16.0. The number of nitrogens with zero attached hydrogens (tertiary/aromatic N) is 2. The number of H-pyrrole nitrogens is 1. The van der Waals surface area contributed by atoms with E-state index in [-0.39, 0.29) is 23.8 Å². The Balaban J connectivity index is 0.000000161. The molecular formula is C43H52Cl3N3O9. The first-order valence-corrected chi connectivity index (χ1v) is 21.2. The summed E-state index contributed by atoms with van der Waals surface area (Å²) in [6, 6.07) is 5.52. The molecule has 1 saturated carbocycles. The highest BCUT2D eigenvalue weighted by molar-refractivity contribution is 6.33. The van der Waals surface area contributed by atoms with Gasteiger partial charge in [-0.05, 0) is 161 Å². The van der Waals surface area contributed by atoms with Crippen molar-refractivity contribution in [2.75, 3.05) is 6.61 Å². The van der Waals surface area contributed by atoms with E-state index < -0.39 is 17.9 Å². The Morgan fingerprint density at radius 2 is 1.29 bits per heavy atom. The molecule has 3 aromatic rings. The van der Waals surface area contributed by atoms with Gasteiger partial charge in [0.05, 0.1) is 0 Å². The number of carboxylic acids is 2. The van der Waals surface area contributed by atoms with E-state index in [0.29, 0.717) is 46.8 Å². The molecule has 5 aliphatic carbocycles. The van der Waals surface area contributed by atoms with Crippen molar-refractivity contribution in [1.29, 1.82) is 0 Å². The van der Waals surface area contributed by atoms with Gasteiger partial charge in [-0.2, -0.15) is 0 Å². The number of nitrogens with one attached hydrogen (secondary N) is 1. The van der Waals surface area contributed by atoms with Crippen LogP contribution in [0.2, 0.25) is 15.5 Å². The maximum atomic E-state index is 10.9. The molecule has 1 atom stereocenters. The van der Waals surface area contributed by atoms with Crippen molar-refractivity contribution in [2.24, 2.45) is 5.92 Å². The number of ether oxygens (including phenoxy) is 1. The predicted molar refractivity (Wildman–Crippen MR) is 222 cm³/mol. The summed E-state index contributed by atoms with van der Waals surface area (Å²) in [7, 11) is 0. The van der Waals surface area contributed by atoms with Gasteiger partial charge in [0.25, 0.3) is 12.0 Å². The lowest BCUT2D eigenvalue weighted by Gasteiger charge is -2.16. The van der Waals surface area contributed by atoms with Crippen LogP contribution in [0, 0.1) is 5.92 Å². The Morgan fingerprint density at radius 3 is 1.93 bits per heavy atom. The fraction of sp³-hybridized carbons (Fsp3) is 0.512. The van der Waals surface area contributed by atoms with E-state index in [1.165, 1.54) is 60.8 Å². The van der Waals surface area contributed by atoms with Gasteiger partial charge in [0.1, 0.15) is 33.8 Å². The molecule has 0 radical (unpaired) electrons. The molecule has 1 fully saturated rings. The van der Waals surface area contributed by atoms with Crippen molar-refractivity contribution in [3.63, 3.8) is 0 Å². The summed E-state index contributed by atoms with van der Waals surface area (Å²) in [4.78, 5) is 63.3. The lowest BCUT2D eigenvalue weighted by Crippen LogP contribution is -2.26. The zero-order valence-corrected chi connectivity index (χ0v) is 34.9. The molecule has 5 aliphatic rings. The summed E-state index contributed by atoms with van der Waals surface area (Å²) in [6.07, 6.45) is 21.5. The number of carbonyl (C=O) groups is 4. The van der Waals surface area contributed by atoms with Crippen LogP contribution in [0.15, 0.2) is 40.3 Å². The maximum Gasteiger partial charge on any atom is 0.331 e. The first-order valence-electron chi connectivity index (χ1n) is 20.0. The highest BCUT2D eigenvalue weighted by Gasteiger charge is 2.28. The van der Waals surface area contributed by atoms with Crippen LogP contribution in [0.4, 0.5) is 0 Å². The minimum Gasteiger partial charge on any atom is -0.494 e. The lowest BCUT2D eigenvalue weighted by molar-refractivity contribution is -0.147. The number of rotatable bonds is 5. The molecule has 3 aromatic heterocycles. The SMILES string of the molecule is Clc1cc2c(c(Cl)n1)CCCC2.Clc1cc2c(cn1)CCCC2.O=C(O)C1CCCCC1=O.O=COCC1=C(C(=O)O)CCCC1.O=c1cc2c(c(O)[nH]1)CCCC2. The normalized spacial score (nSPS) is 17.9. The Hall–Kier alpha value is -4.26. The van der Waals surface area contributed by atoms with Gasteiger partial charge in [-0.25, -0.2) is 14.8 Å². The quantitative estimate of drug-likeness (QED) is 0.109. The van der Waals surface area contributed by atoms with Crippen LogP contribution >= 0.6 is 34.8 Å². The molecule has 4 N–H and O–H groups in total. The van der Waals surface area contributed by atoms with Crippen LogP contribution in [-0.4, -0.2) is 61.1 Å². The highest BCUT2D eigenvalue weighted by Crippen LogP contribution is 2.29. The van der Waals surface area contributed by atoms with Gasteiger partial charge < -0.3 is 20.1 Å². The number of halogens is 3. The Morgan fingerprint density at radius 1 is 0.724 bits per heavy atom. The van der Waals surface area contributed by atoms with Crippen molar-refractivity contribution in [3.05, 3.63) is 94.7 Å². The van der Waals surface area contributed by atoms with Gasteiger partial charge in [-0.15, -0.1) is 0 Å². The summed E-state index contributed by atoms with van der Waals surface area (Å²) in [5.74, 6) is -2.57. The van der Waals surface area contributed by atoms with Crippen molar-refractivity contribution < 1.29 is 39.2 Å². The largest absolute Gasteiger partial charge is 0.494 e. The van der Waals surface area contributed by atoms with Gasteiger partial charge in [-0.3, -0.25) is 24.2 Å². The van der Waals surface area contributed by atoms with Gasteiger partial charge in [-0.1, -0.05) is 41.2 Å². The van der Waals surface area contributed by atoms with Gasteiger partial charge in [0.2, 0.25) is 0 Å². The molecular weight excluding hydrogens is 809 g/mol. The molecule has 12 nitrogen and oxygen atoms in total. The summed E-state index contributed by atoms with van der Waals surface area (Å²) in [5.41, 5.74) is 8.20. The number of aromatic hydroxyl groups is 1. The Labute approximate surface area is 353 Å². The third kappa shape index (κ3) is 14.5. The van der Waals surface area contributed by atoms with Crippen molar-refractivity contribution in [3.8, 4) is 5.88 Å². The van der Waals surface area contributed by atoms with E-state index in [9.17, 15) is 29.1 Å². The fourth-order valence-electron chi connectivity index (χ4n) is 7.75. The average molecular weight is 861 g/mol. The van der Waals surface area contributed by atoms with Crippen molar-refractivity contribution >= 4 is 59.0 Å². The smallest absolute Gasteiger partial charge is 0.331 e. The molecule has 8 rings (SSSR count). The number of aryl methyl sites for hydroxylation is 4. The molecule has 15 heteroatoms. The van der Waals surface area contributed by atoms with Gasteiger partial charge in [0, 0.05) is 29.8 Å². The number of fused-ring (bicyclic) bond motifs is 3. The molecule has 0 spiro atoms. The Kier molecular flexibility index (Phi) is 19.2. The van der Waals surface area contributed by atoms with E-state index in [1.54, 1.807) is 6.07 Å². The number of aromatic amines is 1. The van der Waals surface area contributed by atoms with Gasteiger partial charge in [0.15, 0.2) is 5.88 Å². The van der Waals surface area contributed by atoms with E-state index in [1.807, 2.05) is 18.3 Å². The van der Waals surface area contributed by atoms with Crippen LogP contribution in [0.5, 0.6) is 5.88 Å². The third-order valence-electron chi connectivity index (χ3n) is 10.8. The van der Waals surface area contributed by atoms with Crippen LogP contribution in [0.1, 0.15) is 123 Å². The standard InChI is InChI=1S/C9H9Cl2N.C9H10ClN.C9H11NO2.C9H12O4.C7H10O3/c10-8-5-6-3-1-2-4-7(6)9(11)12-8;10-9-5-7-3-1-2-4-8(7)6-11-9;11-8-5-6-3-1-2-4-7(6)9(12)10-8;10-6-13-5-7-3-1-2-4-8(7)9(11)12;8-6-4-2-1-3-5(6)7(9)10/h5H,1-4H2;5-6H,1-4H2;5H,1-4H2,(H2,10,11,12);6H,1-5H2,(H,11,12);5H,1-4H2,(H,9,10). The third-order valence-corrected chi connectivity index (χ3v) is 11.5. The molecule has 3 heterocycles. The summed E-state index contributed by atoms with van der Waals surface area (Å²) in [5, 5.41) is 28.4. The van der Waals surface area contributed by atoms with E-state index in [2.05, 4.69) is 19.7 Å². The zero-order valence-electron chi connectivity index (χ0n) is 32.6. The fourth-order valence-corrected chi connectivity index (χ4v) is 8.50. The van der Waals surface area contributed by atoms with Gasteiger partial charge >= 0.3 is 11.9 Å². The minimum atomic E-state index is -0.954. The number of Topliss-reactive ketones (excluding diaryl/α,β-unsaturated/α-hetero) is 1. The van der Waals surface area contributed by atoms with Crippen LogP contribution in [0.3, 0.4) is 0 Å². The number of hydrogen-bond acceptors (Lipinski definition) is 9. The van der Waals surface area contributed by atoms with Crippen LogP contribution in [-0.2, 0) is 62.4 Å². The molecule has 0 amide bonds. The Bertz CT molecular complexity index is 2000. The average Bonchev–Trinajstić information content (AvgIpc) is 3.21. The molecule has 58 heavy (non-hydrogen) atoms. The van der Waals surface area contributed by atoms with E-state index >= 15 is 0 Å². The number of pyridine rings is 3. The number of ketones is 1. The minimum absolute atomic E-state index is 0.0669. The molecule has 0 bridgehead atoms. The molecule has 314 valence electrons. The maximum absolute atomic E-state index is 10.9. The highest BCUT2D eigenvalue weighted by atomic mass is 35.5. The van der Waals surface area contributed by atoms with E-state index in [0.717, 1.165) is 87.3 Å². The summed E-state index contributed by atoms with van der Waals surface area (Å²) >= 11 is 17.5. The second-order valence-electron chi connectivity index (χ2n) is 14.9. The number of aromatic nitrogens is 3. The number of carbonyl (C=O) groups excluding carboxylic acids is 2. The molecule has 1 unspecified atom stereocenters. The van der Waals surface area contributed by atoms with Crippen molar-refractivity contribution in [1.82, 2.24) is 15.0 Å². The summed E-state index contributed by atoms with van der Waals surface area (Å²) in [6.45, 7) is 0.478. The molecule has 0 saturated heterocycles. The summed E-state index contributed by atoms with van der Waals surface area (Å²) < 4.78 is 4.55. The topological polar surface area (TPSA) is 197 Å². The molecule has 0 aromatic carbocycles. The van der Waals surface area contributed by atoms with E-state index in [4.69, 9.17) is 45.0 Å². The number of hydrogen-bond donors (Lipinski definition) is 4. The second kappa shape index (κ2) is 24.0. The number of carboxylic acid groups (broad SMARTS) is 2. The monoisotopic (exact) mass is 859 g/mol. The first kappa shape index (κ1) is 46.4. The van der Waals surface area contributed by atoms with Crippen LogP contribution in [0.25, 0.3) is 0 Å². The number of aliphatic carboxylic acids is 2. The van der Waals surface area contributed by atoms with Crippen molar-refractivity contribution in [2.45, 2.75) is 128 Å². The molecule has 0 aliphatic heterocycles.